The predicted octanol–water partition coefficient (Wildman–Crippen LogP) is 0.816. The topological polar surface area (TPSA) is 49.7 Å². The molecule has 0 aromatic rings. The molecule has 0 saturated heterocycles. The van der Waals surface area contributed by atoms with Crippen molar-refractivity contribution in [1.82, 2.24) is 0 Å². The second-order valence-electron chi connectivity index (χ2n) is 1.23. The monoisotopic (exact) mass is 164 g/mol. The molecule has 2 N–H and O–H groups in total. The number of ether oxygens (including phenoxy) is 1. The van der Waals surface area contributed by atoms with Crippen LogP contribution in [0.3, 0.4) is 0 Å². The highest BCUT2D eigenvalue weighted by Gasteiger charge is 1.64. The maximum Gasteiger partial charge on any atom is 0.0662 e. The standard InChI is InChI=1S/C4H10O.C2H6O2.C2H4/c1-3-5-4-2;3-1-2-4;1-2/h3-4H2,1-2H3;3-4H,1-2H2;1-2H2. The molecule has 70 valence electrons. The second kappa shape index (κ2) is 33.5. The number of aliphatic hydroxyl groups is 2. The summed E-state index contributed by atoms with van der Waals surface area (Å²) in [6, 6.07) is 0. The van der Waals surface area contributed by atoms with Crippen molar-refractivity contribution in [3.8, 4) is 0 Å². The van der Waals surface area contributed by atoms with Gasteiger partial charge in [0.15, 0.2) is 0 Å². The second-order valence-corrected chi connectivity index (χ2v) is 1.23. The fourth-order valence-corrected chi connectivity index (χ4v) is 0.204. The molecule has 3 nitrogen and oxygen atoms in total. The van der Waals surface area contributed by atoms with E-state index in [4.69, 9.17) is 14.9 Å². The van der Waals surface area contributed by atoms with Crippen molar-refractivity contribution < 1.29 is 14.9 Å². The SMILES string of the molecule is C=C.CCOCC.OCCO. The Kier molecular flexibility index (Phi) is 51.5. The van der Waals surface area contributed by atoms with E-state index >= 15 is 0 Å². The maximum absolute atomic E-state index is 7.62. The number of aliphatic hydroxyl groups excluding tert-OH is 2. The van der Waals surface area contributed by atoms with Gasteiger partial charge in [0.1, 0.15) is 0 Å². The van der Waals surface area contributed by atoms with E-state index in [1.807, 2.05) is 13.8 Å². The van der Waals surface area contributed by atoms with Crippen LogP contribution in [0.2, 0.25) is 0 Å². The molecule has 0 amide bonds. The minimum atomic E-state index is -0.125. The third kappa shape index (κ3) is 81.4. The Morgan fingerprint density at radius 1 is 1.00 bits per heavy atom. The third-order valence-corrected chi connectivity index (χ3v) is 0.508. The smallest absolute Gasteiger partial charge is 0.0662 e. The van der Waals surface area contributed by atoms with Gasteiger partial charge in [-0.3, -0.25) is 0 Å². The van der Waals surface area contributed by atoms with Crippen LogP contribution in [0.15, 0.2) is 13.2 Å². The summed E-state index contributed by atoms with van der Waals surface area (Å²) >= 11 is 0. The van der Waals surface area contributed by atoms with Crippen molar-refractivity contribution in [2.45, 2.75) is 13.8 Å². The predicted molar refractivity (Wildman–Crippen MR) is 47.6 cm³/mol. The summed E-state index contributed by atoms with van der Waals surface area (Å²) < 4.78 is 4.83. The minimum Gasteiger partial charge on any atom is -0.394 e. The van der Waals surface area contributed by atoms with Gasteiger partial charge in [0, 0.05) is 13.2 Å². The largest absolute Gasteiger partial charge is 0.394 e. The Morgan fingerprint density at radius 2 is 1.27 bits per heavy atom. The van der Waals surface area contributed by atoms with Gasteiger partial charge in [0.25, 0.3) is 0 Å². The van der Waals surface area contributed by atoms with Crippen molar-refractivity contribution >= 4 is 0 Å². The average Bonchev–Trinajstić information content (AvgIpc) is 2.10. The van der Waals surface area contributed by atoms with Crippen molar-refractivity contribution in [3.05, 3.63) is 13.2 Å². The van der Waals surface area contributed by atoms with Gasteiger partial charge in [0.2, 0.25) is 0 Å². The zero-order chi connectivity index (χ0) is 9.54. The van der Waals surface area contributed by atoms with Gasteiger partial charge in [0.05, 0.1) is 13.2 Å². The summed E-state index contributed by atoms with van der Waals surface area (Å²) in [6.45, 7) is 11.4. The molecule has 0 aromatic heterocycles. The molecular formula is C8H20O3. The van der Waals surface area contributed by atoms with E-state index < -0.39 is 0 Å². The summed E-state index contributed by atoms with van der Waals surface area (Å²) in [5, 5.41) is 15.2. The van der Waals surface area contributed by atoms with Crippen molar-refractivity contribution in [2.75, 3.05) is 26.4 Å². The first-order valence-electron chi connectivity index (χ1n) is 3.62. The van der Waals surface area contributed by atoms with Crippen LogP contribution in [0.4, 0.5) is 0 Å². The van der Waals surface area contributed by atoms with Crippen LogP contribution in [0.1, 0.15) is 13.8 Å². The Hall–Kier alpha value is -0.380. The van der Waals surface area contributed by atoms with Crippen molar-refractivity contribution in [3.63, 3.8) is 0 Å². The molecular weight excluding hydrogens is 144 g/mol. The molecule has 0 spiro atoms. The molecule has 0 aliphatic heterocycles. The molecule has 3 heteroatoms. The Morgan fingerprint density at radius 3 is 1.27 bits per heavy atom. The van der Waals surface area contributed by atoms with Gasteiger partial charge in [-0.1, -0.05) is 0 Å². The summed E-state index contributed by atoms with van der Waals surface area (Å²) in [7, 11) is 0. The van der Waals surface area contributed by atoms with Crippen LogP contribution in [-0.2, 0) is 4.74 Å². The molecule has 0 saturated carbocycles. The van der Waals surface area contributed by atoms with Gasteiger partial charge in [-0.15, -0.1) is 13.2 Å². The first kappa shape index (κ1) is 16.9. The lowest BCUT2D eigenvalue weighted by Crippen LogP contribution is -1.85. The molecule has 0 bridgehead atoms. The summed E-state index contributed by atoms with van der Waals surface area (Å²) in [5.74, 6) is 0. The fourth-order valence-electron chi connectivity index (χ4n) is 0.204. The lowest BCUT2D eigenvalue weighted by atomic mass is 10.8. The highest BCUT2D eigenvalue weighted by atomic mass is 16.5. The normalized spacial score (nSPS) is 6.91. The van der Waals surface area contributed by atoms with E-state index in [1.54, 1.807) is 0 Å². The molecule has 0 aromatic carbocycles. The van der Waals surface area contributed by atoms with Crippen molar-refractivity contribution in [1.29, 1.82) is 0 Å². The third-order valence-electron chi connectivity index (χ3n) is 0.508. The van der Waals surface area contributed by atoms with Crippen LogP contribution in [0.5, 0.6) is 0 Å². The van der Waals surface area contributed by atoms with Crippen LogP contribution < -0.4 is 0 Å². The van der Waals surface area contributed by atoms with Crippen LogP contribution in [-0.4, -0.2) is 36.6 Å². The first-order chi connectivity index (χ1) is 5.33. The summed E-state index contributed by atoms with van der Waals surface area (Å²) in [5.41, 5.74) is 0. The zero-order valence-corrected chi connectivity index (χ0v) is 7.55. The van der Waals surface area contributed by atoms with E-state index in [0.29, 0.717) is 0 Å². The molecule has 0 radical (unpaired) electrons. The number of hydrogen-bond donors (Lipinski definition) is 2. The van der Waals surface area contributed by atoms with E-state index in [0.717, 1.165) is 13.2 Å². The Balaban J connectivity index is -0.0000000965. The van der Waals surface area contributed by atoms with Gasteiger partial charge >= 0.3 is 0 Å². The van der Waals surface area contributed by atoms with Gasteiger partial charge < -0.3 is 14.9 Å². The quantitative estimate of drug-likeness (QED) is 0.607. The summed E-state index contributed by atoms with van der Waals surface area (Å²) in [4.78, 5) is 0. The molecule has 0 heterocycles. The van der Waals surface area contributed by atoms with Gasteiger partial charge in [-0.25, -0.2) is 0 Å². The zero-order valence-electron chi connectivity index (χ0n) is 7.55. The molecule has 0 aliphatic carbocycles. The van der Waals surface area contributed by atoms with Gasteiger partial charge in [-0.05, 0) is 13.8 Å². The van der Waals surface area contributed by atoms with Crippen LogP contribution >= 0.6 is 0 Å². The van der Waals surface area contributed by atoms with E-state index in [1.165, 1.54) is 0 Å². The average molecular weight is 164 g/mol. The molecule has 0 unspecified atom stereocenters. The number of rotatable bonds is 3. The minimum absolute atomic E-state index is 0.125. The highest BCUT2D eigenvalue weighted by Crippen LogP contribution is 1.64. The van der Waals surface area contributed by atoms with E-state index in [2.05, 4.69) is 13.2 Å². The van der Waals surface area contributed by atoms with E-state index in [9.17, 15) is 0 Å². The maximum atomic E-state index is 7.62. The Labute approximate surface area is 69.3 Å². The molecule has 0 rings (SSSR count). The molecule has 0 fully saturated rings. The van der Waals surface area contributed by atoms with Crippen LogP contribution in [0, 0.1) is 0 Å². The van der Waals surface area contributed by atoms with Gasteiger partial charge in [-0.2, -0.15) is 0 Å². The molecule has 0 aliphatic rings. The lowest BCUT2D eigenvalue weighted by molar-refractivity contribution is 0.162. The molecule has 11 heavy (non-hydrogen) atoms. The van der Waals surface area contributed by atoms with E-state index in [-0.39, 0.29) is 13.2 Å². The first-order valence-corrected chi connectivity index (χ1v) is 3.62. The summed E-state index contributed by atoms with van der Waals surface area (Å²) in [6.07, 6.45) is 0. The highest BCUT2D eigenvalue weighted by molar-refractivity contribution is 4.22. The fraction of sp³-hybridized carbons (Fsp3) is 0.750. The molecule has 0 atom stereocenters. The Bertz CT molecular complexity index is 36.3. The lowest BCUT2D eigenvalue weighted by Gasteiger charge is -1.86. The van der Waals surface area contributed by atoms with Crippen LogP contribution in [0.25, 0.3) is 0 Å². The number of hydrogen-bond acceptors (Lipinski definition) is 3. The van der Waals surface area contributed by atoms with Crippen molar-refractivity contribution in [2.24, 2.45) is 0 Å².